The van der Waals surface area contributed by atoms with Crippen molar-refractivity contribution in [3.8, 4) is 5.75 Å². The average Bonchev–Trinajstić information content (AvgIpc) is 3.16. The summed E-state index contributed by atoms with van der Waals surface area (Å²) in [6.07, 6.45) is 0. The first-order chi connectivity index (χ1) is 14.1. The number of ketones is 1. The van der Waals surface area contributed by atoms with Crippen LogP contribution in [0.25, 0.3) is 0 Å². The SMILES string of the molecule is CC(C(=O)c1ccccc1)N1C(=O)CSc2nnc(COc3ccccc3Cl)n21. The van der Waals surface area contributed by atoms with E-state index in [4.69, 9.17) is 16.3 Å². The molecule has 4 rings (SSSR count). The molecule has 1 amide bonds. The molecule has 0 bridgehead atoms. The van der Waals surface area contributed by atoms with Gasteiger partial charge in [0.15, 0.2) is 11.6 Å². The van der Waals surface area contributed by atoms with E-state index in [2.05, 4.69) is 10.2 Å². The van der Waals surface area contributed by atoms with E-state index in [1.165, 1.54) is 16.8 Å². The molecule has 7 nitrogen and oxygen atoms in total. The lowest BCUT2D eigenvalue weighted by Crippen LogP contribution is -2.54. The number of fused-ring (bicyclic) bond motifs is 1. The van der Waals surface area contributed by atoms with Crippen LogP contribution in [0.4, 0.5) is 0 Å². The topological polar surface area (TPSA) is 77.3 Å². The molecule has 2 aromatic carbocycles. The number of para-hydroxylation sites is 1. The summed E-state index contributed by atoms with van der Waals surface area (Å²) in [6.45, 7) is 1.75. The number of rotatable bonds is 6. The Morgan fingerprint density at radius 2 is 1.90 bits per heavy atom. The number of benzene rings is 2. The summed E-state index contributed by atoms with van der Waals surface area (Å²) < 4.78 is 7.34. The summed E-state index contributed by atoms with van der Waals surface area (Å²) >= 11 is 7.41. The predicted octanol–water partition coefficient (Wildman–Crippen LogP) is 3.35. The van der Waals surface area contributed by atoms with Crippen LogP contribution in [0.2, 0.25) is 5.02 Å². The lowest BCUT2D eigenvalue weighted by atomic mass is 10.1. The molecule has 0 N–H and O–H groups in total. The maximum Gasteiger partial charge on any atom is 0.252 e. The molecule has 1 aliphatic rings. The summed E-state index contributed by atoms with van der Waals surface area (Å²) in [4.78, 5) is 25.7. The van der Waals surface area contributed by atoms with Crippen LogP contribution in [0.15, 0.2) is 59.8 Å². The van der Waals surface area contributed by atoms with E-state index in [0.29, 0.717) is 27.3 Å². The van der Waals surface area contributed by atoms with Gasteiger partial charge in [0, 0.05) is 5.56 Å². The zero-order valence-corrected chi connectivity index (χ0v) is 17.1. The highest BCUT2D eigenvalue weighted by Gasteiger charge is 2.35. The molecule has 3 aromatic rings. The molecule has 0 aliphatic carbocycles. The Morgan fingerprint density at radius 3 is 2.66 bits per heavy atom. The second-order valence-corrected chi connectivity index (χ2v) is 7.71. The molecule has 1 aromatic heterocycles. The lowest BCUT2D eigenvalue weighted by Gasteiger charge is -2.33. The number of aromatic nitrogens is 3. The van der Waals surface area contributed by atoms with Crippen LogP contribution in [-0.2, 0) is 11.4 Å². The van der Waals surface area contributed by atoms with Crippen LogP contribution in [0, 0.1) is 0 Å². The highest BCUT2D eigenvalue weighted by Crippen LogP contribution is 2.27. The molecule has 0 fully saturated rings. The summed E-state index contributed by atoms with van der Waals surface area (Å²) in [6, 6.07) is 15.3. The van der Waals surface area contributed by atoms with Crippen molar-refractivity contribution in [1.29, 1.82) is 0 Å². The molecule has 0 saturated heterocycles. The van der Waals surface area contributed by atoms with Gasteiger partial charge in [0.25, 0.3) is 5.91 Å². The number of hydrogen-bond acceptors (Lipinski definition) is 6. The van der Waals surface area contributed by atoms with Crippen molar-refractivity contribution >= 4 is 35.1 Å². The van der Waals surface area contributed by atoms with Crippen LogP contribution in [-0.4, -0.2) is 38.4 Å². The Balaban J connectivity index is 1.63. The average molecular weight is 429 g/mol. The maximum absolute atomic E-state index is 13.0. The number of carbonyl (C=O) groups is 2. The van der Waals surface area contributed by atoms with Gasteiger partial charge in [0.05, 0.1) is 10.8 Å². The lowest BCUT2D eigenvalue weighted by molar-refractivity contribution is -0.118. The second-order valence-electron chi connectivity index (χ2n) is 6.36. The first-order valence-electron chi connectivity index (χ1n) is 8.92. The first-order valence-corrected chi connectivity index (χ1v) is 10.3. The number of Topliss-reactive ketones (excluding diaryl/α,β-unsaturated/α-hetero) is 1. The van der Waals surface area contributed by atoms with Crippen molar-refractivity contribution in [2.75, 3.05) is 10.8 Å². The number of thioether (sulfide) groups is 1. The zero-order chi connectivity index (χ0) is 20.4. The molecular weight excluding hydrogens is 412 g/mol. The summed E-state index contributed by atoms with van der Waals surface area (Å²) in [5, 5.41) is 10.7. The van der Waals surface area contributed by atoms with Crippen LogP contribution in [0.3, 0.4) is 0 Å². The van der Waals surface area contributed by atoms with Gasteiger partial charge < -0.3 is 4.74 Å². The Kier molecular flexibility index (Phi) is 5.55. The van der Waals surface area contributed by atoms with E-state index in [1.807, 2.05) is 18.2 Å². The predicted molar refractivity (Wildman–Crippen MR) is 110 cm³/mol. The quantitative estimate of drug-likeness (QED) is 0.560. The fourth-order valence-electron chi connectivity index (χ4n) is 3.04. The minimum absolute atomic E-state index is 0.0489. The highest BCUT2D eigenvalue weighted by atomic mass is 35.5. The first kappa shape index (κ1) is 19.5. The Morgan fingerprint density at radius 1 is 1.17 bits per heavy atom. The third-order valence-electron chi connectivity index (χ3n) is 4.47. The number of carbonyl (C=O) groups excluding carboxylic acids is 2. The number of ether oxygens (including phenoxy) is 1. The molecule has 0 saturated carbocycles. The Hall–Kier alpha value is -2.84. The molecule has 1 atom stereocenters. The van der Waals surface area contributed by atoms with Crippen LogP contribution in [0.5, 0.6) is 5.75 Å². The smallest absolute Gasteiger partial charge is 0.252 e. The van der Waals surface area contributed by atoms with Gasteiger partial charge in [-0.1, -0.05) is 65.8 Å². The van der Waals surface area contributed by atoms with Gasteiger partial charge in [-0.25, -0.2) is 9.69 Å². The third-order valence-corrected chi connectivity index (χ3v) is 5.69. The standard InChI is InChI=1S/C20H17ClN4O3S/c1-13(19(27)14-7-3-2-4-8-14)24-18(26)12-29-20-23-22-17(25(20)24)11-28-16-10-6-5-9-15(16)21/h2-10,13H,11-12H2,1H3. The van der Waals surface area contributed by atoms with Gasteiger partial charge >= 0.3 is 0 Å². The minimum atomic E-state index is -0.723. The van der Waals surface area contributed by atoms with Crippen LogP contribution < -0.4 is 9.75 Å². The van der Waals surface area contributed by atoms with Crippen LogP contribution in [0.1, 0.15) is 23.1 Å². The number of nitrogens with zero attached hydrogens (tertiary/aromatic N) is 4. The fourth-order valence-corrected chi connectivity index (χ4v) is 4.03. The van der Waals surface area contributed by atoms with Crippen molar-refractivity contribution in [1.82, 2.24) is 14.9 Å². The Bertz CT molecular complexity index is 1060. The monoisotopic (exact) mass is 428 g/mol. The number of hydrogen-bond donors (Lipinski definition) is 0. The highest BCUT2D eigenvalue weighted by molar-refractivity contribution is 7.99. The molecular formula is C20H17ClN4O3S. The largest absolute Gasteiger partial charge is 0.484 e. The van der Waals surface area contributed by atoms with Gasteiger partial charge in [0.2, 0.25) is 5.16 Å². The van der Waals surface area contributed by atoms with Crippen molar-refractivity contribution in [3.05, 3.63) is 71.0 Å². The molecule has 1 unspecified atom stereocenters. The van der Waals surface area contributed by atoms with E-state index in [0.717, 1.165) is 0 Å². The summed E-state index contributed by atoms with van der Waals surface area (Å²) in [5.41, 5.74) is 0.537. The Labute approximate surface area is 176 Å². The van der Waals surface area contributed by atoms with Crippen molar-refractivity contribution in [3.63, 3.8) is 0 Å². The zero-order valence-electron chi connectivity index (χ0n) is 15.5. The molecule has 0 radical (unpaired) electrons. The fraction of sp³-hybridized carbons (Fsp3) is 0.200. The molecule has 29 heavy (non-hydrogen) atoms. The van der Waals surface area contributed by atoms with Crippen LogP contribution >= 0.6 is 23.4 Å². The summed E-state index contributed by atoms with van der Waals surface area (Å²) in [5.74, 6) is 0.742. The van der Waals surface area contributed by atoms with Gasteiger partial charge in [-0.05, 0) is 19.1 Å². The van der Waals surface area contributed by atoms with E-state index in [1.54, 1.807) is 48.0 Å². The molecule has 0 spiro atoms. The van der Waals surface area contributed by atoms with Gasteiger partial charge in [-0.2, -0.15) is 0 Å². The summed E-state index contributed by atoms with van der Waals surface area (Å²) in [7, 11) is 0. The molecule has 2 heterocycles. The maximum atomic E-state index is 13.0. The number of amides is 1. The van der Waals surface area contributed by atoms with Crippen molar-refractivity contribution in [2.24, 2.45) is 0 Å². The minimum Gasteiger partial charge on any atom is -0.484 e. The third kappa shape index (κ3) is 3.86. The van der Waals surface area contributed by atoms with E-state index >= 15 is 0 Å². The van der Waals surface area contributed by atoms with E-state index < -0.39 is 6.04 Å². The molecule has 148 valence electrons. The van der Waals surface area contributed by atoms with E-state index in [9.17, 15) is 9.59 Å². The number of halogens is 1. The van der Waals surface area contributed by atoms with Crippen molar-refractivity contribution < 1.29 is 14.3 Å². The molecule has 9 heteroatoms. The van der Waals surface area contributed by atoms with Gasteiger partial charge in [-0.15, -0.1) is 10.2 Å². The van der Waals surface area contributed by atoms with Crippen molar-refractivity contribution in [2.45, 2.75) is 24.7 Å². The van der Waals surface area contributed by atoms with E-state index in [-0.39, 0.29) is 24.1 Å². The van der Waals surface area contributed by atoms with Gasteiger partial charge in [-0.3, -0.25) is 9.59 Å². The van der Waals surface area contributed by atoms with Gasteiger partial charge in [0.1, 0.15) is 18.4 Å². The molecule has 1 aliphatic heterocycles. The normalized spacial score (nSPS) is 14.4. The second kappa shape index (κ2) is 8.26.